The highest BCUT2D eigenvalue weighted by atomic mass is 35.5. The Kier molecular flexibility index (Phi) is 3.55. The average Bonchev–Trinajstić information content (AvgIpc) is 2.17. The van der Waals surface area contributed by atoms with E-state index in [1.807, 2.05) is 0 Å². The number of hydrogen-bond acceptors (Lipinski definition) is 3. The molecule has 13 heavy (non-hydrogen) atoms. The Hall–Kier alpha value is -0.760. The van der Waals surface area contributed by atoms with Gasteiger partial charge in [-0.05, 0) is 23.7 Å². The topological polar surface area (TPSA) is 54.4 Å². The molecule has 0 aromatic heterocycles. The molecule has 3 nitrogen and oxygen atoms in total. The summed E-state index contributed by atoms with van der Waals surface area (Å²) in [5.41, 5.74) is 0.288. The zero-order chi connectivity index (χ0) is 9.84. The standard InChI is InChI=1S/C8H7ClO3P/c9-8(11)6-2-1-3-7(4-6)13(12)5-10/h1-4,10H,5H2/q+1. The molecule has 1 unspecified atom stereocenters. The highest BCUT2D eigenvalue weighted by Gasteiger charge is 2.18. The molecule has 1 aromatic rings. The van der Waals surface area contributed by atoms with Gasteiger partial charge in [-0.1, -0.05) is 10.6 Å². The van der Waals surface area contributed by atoms with Gasteiger partial charge in [0, 0.05) is 11.6 Å². The van der Waals surface area contributed by atoms with Crippen LogP contribution in [-0.4, -0.2) is 16.7 Å². The molecule has 1 rings (SSSR count). The third-order valence-electron chi connectivity index (χ3n) is 1.49. The lowest BCUT2D eigenvalue weighted by Crippen LogP contribution is -2.01. The Morgan fingerprint density at radius 2 is 2.23 bits per heavy atom. The summed E-state index contributed by atoms with van der Waals surface area (Å²) in [6.45, 7) is 0. The monoisotopic (exact) mass is 217 g/mol. The van der Waals surface area contributed by atoms with Gasteiger partial charge in [0.2, 0.25) is 6.35 Å². The molecule has 0 aliphatic heterocycles. The van der Waals surface area contributed by atoms with Gasteiger partial charge in [-0.15, -0.1) is 0 Å². The summed E-state index contributed by atoms with van der Waals surface area (Å²) in [5.74, 6) is 0. The Balaban J connectivity index is 3.05. The minimum absolute atomic E-state index is 0.288. The van der Waals surface area contributed by atoms with Crippen molar-refractivity contribution in [2.24, 2.45) is 0 Å². The van der Waals surface area contributed by atoms with Crippen molar-refractivity contribution in [2.75, 3.05) is 6.35 Å². The van der Waals surface area contributed by atoms with E-state index in [0.29, 0.717) is 5.30 Å². The molecule has 5 heteroatoms. The van der Waals surface area contributed by atoms with E-state index in [4.69, 9.17) is 16.7 Å². The van der Waals surface area contributed by atoms with E-state index in [-0.39, 0.29) is 5.56 Å². The quantitative estimate of drug-likeness (QED) is 0.616. The molecule has 1 aromatic carbocycles. The Labute approximate surface area is 81.1 Å². The summed E-state index contributed by atoms with van der Waals surface area (Å²) in [5, 5.41) is 8.46. The number of hydrogen-bond donors (Lipinski definition) is 1. The third-order valence-corrected chi connectivity index (χ3v) is 2.82. The predicted molar refractivity (Wildman–Crippen MR) is 51.0 cm³/mol. The fourth-order valence-electron chi connectivity index (χ4n) is 0.865. The minimum atomic E-state index is -1.82. The first kappa shape index (κ1) is 10.3. The number of halogens is 1. The Morgan fingerprint density at radius 3 is 2.77 bits per heavy atom. The molecule has 0 aliphatic carbocycles. The van der Waals surface area contributed by atoms with Crippen molar-refractivity contribution in [1.82, 2.24) is 0 Å². The van der Waals surface area contributed by atoms with Crippen molar-refractivity contribution in [1.29, 1.82) is 0 Å². The molecule has 0 amide bonds. The van der Waals surface area contributed by atoms with Gasteiger partial charge < -0.3 is 5.11 Å². The lowest BCUT2D eigenvalue weighted by Gasteiger charge is -1.91. The van der Waals surface area contributed by atoms with Gasteiger partial charge in [0.1, 0.15) is 0 Å². The van der Waals surface area contributed by atoms with Crippen LogP contribution >= 0.6 is 19.4 Å². The normalized spacial score (nSPS) is 11.1. The number of carbonyl (C=O) groups excluding carboxylic acids is 1. The maximum absolute atomic E-state index is 11.1. The zero-order valence-electron chi connectivity index (χ0n) is 6.61. The summed E-state index contributed by atoms with van der Waals surface area (Å²) in [7, 11) is -1.82. The van der Waals surface area contributed by atoms with E-state index < -0.39 is 19.4 Å². The van der Waals surface area contributed by atoms with E-state index in [1.165, 1.54) is 12.1 Å². The molecule has 0 saturated heterocycles. The molecular weight excluding hydrogens is 211 g/mol. The van der Waals surface area contributed by atoms with Gasteiger partial charge in [0.25, 0.3) is 5.24 Å². The summed E-state index contributed by atoms with van der Waals surface area (Å²) < 4.78 is 11.1. The van der Waals surface area contributed by atoms with E-state index >= 15 is 0 Å². The van der Waals surface area contributed by atoms with E-state index in [2.05, 4.69) is 0 Å². The van der Waals surface area contributed by atoms with Gasteiger partial charge in [0.05, 0.1) is 0 Å². The summed E-state index contributed by atoms with van der Waals surface area (Å²) >= 11 is 5.23. The maximum atomic E-state index is 11.1. The van der Waals surface area contributed by atoms with Crippen LogP contribution in [0.5, 0.6) is 0 Å². The van der Waals surface area contributed by atoms with Crippen LogP contribution < -0.4 is 5.30 Å². The van der Waals surface area contributed by atoms with Crippen molar-refractivity contribution < 1.29 is 14.5 Å². The highest BCUT2D eigenvalue weighted by molar-refractivity contribution is 7.53. The van der Waals surface area contributed by atoms with Crippen LogP contribution in [0.25, 0.3) is 0 Å². The Bertz CT molecular complexity index is 351. The summed E-state index contributed by atoms with van der Waals surface area (Å²) in [6, 6.07) is 6.11. The van der Waals surface area contributed by atoms with Crippen LogP contribution in [0, 0.1) is 0 Å². The molecule has 0 heterocycles. The maximum Gasteiger partial charge on any atom is 0.404 e. The number of aliphatic hydroxyl groups excluding tert-OH is 1. The second-order valence-corrected chi connectivity index (χ2v) is 4.24. The molecule has 68 valence electrons. The lowest BCUT2D eigenvalue weighted by atomic mass is 10.2. The van der Waals surface area contributed by atoms with Crippen LogP contribution in [-0.2, 0) is 4.57 Å². The molecule has 0 spiro atoms. The summed E-state index contributed by atoms with van der Waals surface area (Å²) in [6.07, 6.45) is -0.421. The van der Waals surface area contributed by atoms with Crippen LogP contribution in [0.1, 0.15) is 10.4 Å². The van der Waals surface area contributed by atoms with Crippen LogP contribution in [0.2, 0.25) is 0 Å². The van der Waals surface area contributed by atoms with Crippen molar-refractivity contribution in [3.63, 3.8) is 0 Å². The number of aliphatic hydroxyl groups is 1. The van der Waals surface area contributed by atoms with Gasteiger partial charge in [-0.25, -0.2) is 0 Å². The van der Waals surface area contributed by atoms with E-state index in [0.717, 1.165) is 0 Å². The van der Waals surface area contributed by atoms with Crippen molar-refractivity contribution >= 4 is 29.9 Å². The fourth-order valence-corrected chi connectivity index (χ4v) is 1.68. The Morgan fingerprint density at radius 1 is 1.54 bits per heavy atom. The van der Waals surface area contributed by atoms with E-state index in [1.54, 1.807) is 12.1 Å². The molecular formula is C8H7ClO3P+. The third kappa shape index (κ3) is 2.59. The summed E-state index contributed by atoms with van der Waals surface area (Å²) in [4.78, 5) is 10.7. The van der Waals surface area contributed by atoms with Gasteiger partial charge in [-0.2, -0.15) is 0 Å². The van der Waals surface area contributed by atoms with Gasteiger partial charge in [-0.3, -0.25) is 4.79 Å². The molecule has 0 aliphatic rings. The largest absolute Gasteiger partial charge is 0.404 e. The van der Waals surface area contributed by atoms with E-state index in [9.17, 15) is 9.36 Å². The molecule has 0 fully saturated rings. The molecule has 0 saturated carbocycles. The fraction of sp³-hybridized carbons (Fsp3) is 0.125. The minimum Gasteiger partial charge on any atom is -0.353 e. The predicted octanol–water partition coefficient (Wildman–Crippen LogP) is 1.47. The number of rotatable bonds is 3. The molecule has 0 radical (unpaired) electrons. The SMILES string of the molecule is O=C(Cl)c1cccc([P+](=O)CO)c1. The number of carbonyl (C=O) groups is 1. The van der Waals surface area contributed by atoms with Crippen molar-refractivity contribution in [3.8, 4) is 0 Å². The highest BCUT2D eigenvalue weighted by Crippen LogP contribution is 2.18. The van der Waals surface area contributed by atoms with Gasteiger partial charge in [0.15, 0.2) is 5.30 Å². The first-order valence-electron chi connectivity index (χ1n) is 3.50. The molecule has 0 bridgehead atoms. The van der Waals surface area contributed by atoms with Gasteiger partial charge >= 0.3 is 7.80 Å². The molecule has 1 atom stereocenters. The first-order valence-corrected chi connectivity index (χ1v) is 5.33. The van der Waals surface area contributed by atoms with Crippen molar-refractivity contribution in [2.45, 2.75) is 0 Å². The first-order chi connectivity index (χ1) is 6.15. The van der Waals surface area contributed by atoms with Crippen molar-refractivity contribution in [3.05, 3.63) is 29.8 Å². The van der Waals surface area contributed by atoms with Crippen LogP contribution in [0.3, 0.4) is 0 Å². The molecule has 1 N–H and O–H groups in total. The zero-order valence-corrected chi connectivity index (χ0v) is 8.26. The smallest absolute Gasteiger partial charge is 0.353 e. The van der Waals surface area contributed by atoms with Crippen LogP contribution in [0.15, 0.2) is 24.3 Å². The second kappa shape index (κ2) is 4.47. The van der Waals surface area contributed by atoms with Crippen LogP contribution in [0.4, 0.5) is 0 Å². The average molecular weight is 218 g/mol. The second-order valence-electron chi connectivity index (χ2n) is 2.34. The number of benzene rings is 1. The lowest BCUT2D eigenvalue weighted by molar-refractivity contribution is 0.108.